The average Bonchev–Trinajstić information content (AvgIpc) is 2.71. The highest BCUT2D eigenvalue weighted by Crippen LogP contribution is 2.29. The predicted octanol–water partition coefficient (Wildman–Crippen LogP) is 4.59. The maximum absolute atomic E-state index is 12.5. The maximum Gasteiger partial charge on any atom is 0.266 e. The van der Waals surface area contributed by atoms with Gasteiger partial charge in [0.05, 0.1) is 13.7 Å². The molecule has 5 nitrogen and oxygen atoms in total. The summed E-state index contributed by atoms with van der Waals surface area (Å²) < 4.78 is 11.0. The molecule has 1 amide bonds. The molecule has 2 aromatic rings. The standard InChI is InChI=1S/C22H24N2O3/c1-4-12-27-20-11-10-16(14-21(20)26-3)13-18(15-23)22(25)24-19-9-7-6-8-17(19)5-2/h6-11,13-14H,4-5,12H2,1-3H3,(H,24,25)/b18-13+. The molecule has 0 radical (unpaired) electrons. The van der Waals surface area contributed by atoms with Gasteiger partial charge >= 0.3 is 0 Å². The van der Waals surface area contributed by atoms with Gasteiger partial charge < -0.3 is 14.8 Å². The lowest BCUT2D eigenvalue weighted by atomic mass is 10.1. The lowest BCUT2D eigenvalue weighted by Gasteiger charge is -2.11. The molecule has 0 aliphatic carbocycles. The minimum Gasteiger partial charge on any atom is -0.493 e. The molecular weight excluding hydrogens is 340 g/mol. The normalized spacial score (nSPS) is 10.8. The summed E-state index contributed by atoms with van der Waals surface area (Å²) in [5, 5.41) is 12.2. The second-order valence-electron chi connectivity index (χ2n) is 5.89. The molecule has 2 rings (SSSR count). The average molecular weight is 364 g/mol. The van der Waals surface area contributed by atoms with Crippen molar-refractivity contribution in [2.45, 2.75) is 26.7 Å². The first-order valence-electron chi connectivity index (χ1n) is 8.94. The topological polar surface area (TPSA) is 71.3 Å². The van der Waals surface area contributed by atoms with Crippen LogP contribution in [0.5, 0.6) is 11.5 Å². The van der Waals surface area contributed by atoms with Crippen molar-refractivity contribution in [2.75, 3.05) is 19.0 Å². The number of nitrogens with one attached hydrogen (secondary N) is 1. The van der Waals surface area contributed by atoms with Crippen molar-refractivity contribution < 1.29 is 14.3 Å². The molecule has 0 spiro atoms. The molecule has 5 heteroatoms. The highest BCUT2D eigenvalue weighted by molar-refractivity contribution is 6.10. The summed E-state index contributed by atoms with van der Waals surface area (Å²) in [4.78, 5) is 12.5. The number of amides is 1. The maximum atomic E-state index is 12.5. The first-order valence-corrected chi connectivity index (χ1v) is 8.94. The van der Waals surface area contributed by atoms with Crippen molar-refractivity contribution in [1.29, 1.82) is 5.26 Å². The smallest absolute Gasteiger partial charge is 0.266 e. The third-order valence-corrected chi connectivity index (χ3v) is 3.97. The molecular formula is C22H24N2O3. The Balaban J connectivity index is 2.24. The second-order valence-corrected chi connectivity index (χ2v) is 5.89. The van der Waals surface area contributed by atoms with Gasteiger partial charge in [-0.1, -0.05) is 38.1 Å². The fourth-order valence-corrected chi connectivity index (χ4v) is 2.56. The molecule has 0 aliphatic heterocycles. The van der Waals surface area contributed by atoms with Crippen molar-refractivity contribution >= 4 is 17.7 Å². The van der Waals surface area contributed by atoms with Crippen LogP contribution in [0.25, 0.3) is 6.08 Å². The summed E-state index contributed by atoms with van der Waals surface area (Å²) >= 11 is 0. The van der Waals surface area contributed by atoms with Crippen LogP contribution >= 0.6 is 0 Å². The van der Waals surface area contributed by atoms with Crippen LogP contribution in [0.1, 0.15) is 31.4 Å². The molecule has 0 heterocycles. The van der Waals surface area contributed by atoms with Crippen molar-refractivity contribution in [2.24, 2.45) is 0 Å². The van der Waals surface area contributed by atoms with Crippen LogP contribution in [0.3, 0.4) is 0 Å². The Bertz CT molecular complexity index is 866. The van der Waals surface area contributed by atoms with E-state index in [1.165, 1.54) is 6.08 Å². The molecule has 1 N–H and O–H groups in total. The minimum absolute atomic E-state index is 0.0187. The number of carbonyl (C=O) groups is 1. The van der Waals surface area contributed by atoms with E-state index in [1.54, 1.807) is 25.3 Å². The van der Waals surface area contributed by atoms with E-state index < -0.39 is 5.91 Å². The molecule has 140 valence electrons. The van der Waals surface area contributed by atoms with Crippen LogP contribution in [0.15, 0.2) is 48.0 Å². The Morgan fingerprint density at radius 3 is 2.63 bits per heavy atom. The number of nitriles is 1. The molecule has 0 fully saturated rings. The van der Waals surface area contributed by atoms with Crippen molar-refractivity contribution in [3.8, 4) is 17.6 Å². The Hall–Kier alpha value is -3.26. The highest BCUT2D eigenvalue weighted by Gasteiger charge is 2.12. The van der Waals surface area contributed by atoms with Gasteiger partial charge in [0, 0.05) is 5.69 Å². The van der Waals surface area contributed by atoms with E-state index in [0.717, 1.165) is 18.4 Å². The minimum atomic E-state index is -0.441. The van der Waals surface area contributed by atoms with E-state index in [4.69, 9.17) is 9.47 Å². The number of methoxy groups -OCH3 is 1. The number of benzene rings is 2. The first kappa shape index (κ1) is 20.1. The zero-order valence-electron chi connectivity index (χ0n) is 15.9. The van der Waals surface area contributed by atoms with Gasteiger partial charge in [-0.15, -0.1) is 0 Å². The summed E-state index contributed by atoms with van der Waals surface area (Å²) in [6.07, 6.45) is 3.22. The summed E-state index contributed by atoms with van der Waals surface area (Å²) in [6, 6.07) is 14.8. The largest absolute Gasteiger partial charge is 0.493 e. The van der Waals surface area contributed by atoms with E-state index in [2.05, 4.69) is 5.32 Å². The summed E-state index contributed by atoms with van der Waals surface area (Å²) in [7, 11) is 1.56. The van der Waals surface area contributed by atoms with E-state index in [-0.39, 0.29) is 5.57 Å². The molecule has 0 saturated carbocycles. The summed E-state index contributed by atoms with van der Waals surface area (Å²) in [6.45, 7) is 4.63. The van der Waals surface area contributed by atoms with Crippen molar-refractivity contribution in [3.63, 3.8) is 0 Å². The third kappa shape index (κ3) is 5.35. The Labute approximate surface area is 160 Å². The van der Waals surface area contributed by atoms with Gasteiger partial charge in [-0.25, -0.2) is 0 Å². The fourth-order valence-electron chi connectivity index (χ4n) is 2.56. The van der Waals surface area contributed by atoms with Crippen LogP contribution in [-0.2, 0) is 11.2 Å². The first-order chi connectivity index (χ1) is 13.1. The number of anilines is 1. The number of hydrogen-bond donors (Lipinski definition) is 1. The number of carbonyl (C=O) groups excluding carboxylic acids is 1. The number of nitrogens with zero attached hydrogens (tertiary/aromatic N) is 1. The van der Waals surface area contributed by atoms with E-state index in [9.17, 15) is 10.1 Å². The fraction of sp³-hybridized carbons (Fsp3) is 0.273. The summed E-state index contributed by atoms with van der Waals surface area (Å²) in [5.41, 5.74) is 2.44. The number of aryl methyl sites for hydroxylation is 1. The van der Waals surface area contributed by atoms with Crippen molar-refractivity contribution in [3.05, 3.63) is 59.2 Å². The molecule has 0 saturated heterocycles. The van der Waals surface area contributed by atoms with Crippen molar-refractivity contribution in [1.82, 2.24) is 0 Å². The van der Waals surface area contributed by atoms with Gasteiger partial charge in [0.15, 0.2) is 11.5 Å². The SMILES string of the molecule is CCCOc1ccc(/C=C(\C#N)C(=O)Nc2ccccc2CC)cc1OC. The Morgan fingerprint density at radius 2 is 1.96 bits per heavy atom. The summed E-state index contributed by atoms with van der Waals surface area (Å²) in [5.74, 6) is 0.756. The van der Waals surface area contributed by atoms with Crippen LogP contribution in [0.2, 0.25) is 0 Å². The van der Waals surface area contributed by atoms with E-state index >= 15 is 0 Å². The molecule has 0 unspecified atom stereocenters. The van der Waals surface area contributed by atoms with Crippen LogP contribution < -0.4 is 14.8 Å². The molecule has 0 atom stereocenters. The van der Waals surface area contributed by atoms with Gasteiger partial charge in [0.25, 0.3) is 5.91 Å². The number of ether oxygens (including phenoxy) is 2. The van der Waals surface area contributed by atoms with E-state index in [0.29, 0.717) is 29.4 Å². The van der Waals surface area contributed by atoms with Crippen LogP contribution in [0.4, 0.5) is 5.69 Å². The van der Waals surface area contributed by atoms with Gasteiger partial charge in [-0.3, -0.25) is 4.79 Å². The molecule has 27 heavy (non-hydrogen) atoms. The van der Waals surface area contributed by atoms with Crippen LogP contribution in [-0.4, -0.2) is 19.6 Å². The second kappa shape index (κ2) is 10.0. The third-order valence-electron chi connectivity index (χ3n) is 3.97. The molecule has 0 aliphatic rings. The monoisotopic (exact) mass is 364 g/mol. The zero-order chi connectivity index (χ0) is 19.6. The number of rotatable bonds is 8. The van der Waals surface area contributed by atoms with Crippen LogP contribution in [0, 0.1) is 11.3 Å². The van der Waals surface area contributed by atoms with E-state index in [1.807, 2.05) is 44.2 Å². The van der Waals surface area contributed by atoms with Gasteiger partial charge in [0.1, 0.15) is 11.6 Å². The lowest BCUT2D eigenvalue weighted by molar-refractivity contribution is -0.112. The zero-order valence-corrected chi connectivity index (χ0v) is 15.9. The number of para-hydroxylation sites is 1. The number of hydrogen-bond acceptors (Lipinski definition) is 4. The quantitative estimate of drug-likeness (QED) is 0.549. The Kier molecular flexibility index (Phi) is 7.45. The van der Waals surface area contributed by atoms with Gasteiger partial charge in [0.2, 0.25) is 0 Å². The molecule has 0 bridgehead atoms. The van der Waals surface area contributed by atoms with Gasteiger partial charge in [-0.2, -0.15) is 5.26 Å². The molecule has 2 aromatic carbocycles. The van der Waals surface area contributed by atoms with Gasteiger partial charge in [-0.05, 0) is 48.2 Å². The predicted molar refractivity (Wildman–Crippen MR) is 107 cm³/mol. The highest BCUT2D eigenvalue weighted by atomic mass is 16.5. The lowest BCUT2D eigenvalue weighted by Crippen LogP contribution is -2.14. The molecule has 0 aromatic heterocycles. The Morgan fingerprint density at radius 1 is 1.19 bits per heavy atom.